The number of aromatic nitrogens is 2. The molecule has 1 N–H and O–H groups in total. The fourth-order valence-corrected chi connectivity index (χ4v) is 1.39. The van der Waals surface area contributed by atoms with Crippen molar-refractivity contribution in [2.24, 2.45) is 0 Å². The van der Waals surface area contributed by atoms with Crippen molar-refractivity contribution < 1.29 is 9.53 Å². The molecule has 0 saturated carbocycles. The van der Waals surface area contributed by atoms with E-state index in [1.165, 1.54) is 11.6 Å². The zero-order chi connectivity index (χ0) is 12.3. The van der Waals surface area contributed by atoms with Crippen molar-refractivity contribution in [3.8, 4) is 5.75 Å². The van der Waals surface area contributed by atoms with Crippen LogP contribution in [0.2, 0.25) is 0 Å². The number of nitrogens with zero attached hydrogens (tertiary/aromatic N) is 2. The number of methoxy groups -OCH3 is 1. The van der Waals surface area contributed by atoms with Crippen molar-refractivity contribution in [3.05, 3.63) is 36.5 Å². The van der Waals surface area contributed by atoms with Crippen LogP contribution in [0.25, 0.3) is 0 Å². The number of benzene rings is 1. The Balaban J connectivity index is 2.11. The molecule has 0 unspecified atom stereocenters. The molecule has 2 aromatic rings. The summed E-state index contributed by atoms with van der Waals surface area (Å²) in [5.41, 5.74) is 0.889. The Hall–Kier alpha value is -2.30. The van der Waals surface area contributed by atoms with E-state index in [-0.39, 0.29) is 5.91 Å². The molecule has 1 aromatic carbocycles. The molecule has 0 radical (unpaired) electrons. The monoisotopic (exact) mass is 231 g/mol. The van der Waals surface area contributed by atoms with E-state index in [1.807, 2.05) is 24.3 Å². The molecule has 0 spiro atoms. The smallest absolute Gasteiger partial charge is 0.243 e. The normalized spacial score (nSPS) is 10.0. The van der Waals surface area contributed by atoms with Crippen molar-refractivity contribution in [2.45, 2.75) is 6.92 Å². The van der Waals surface area contributed by atoms with Gasteiger partial charge in [0.1, 0.15) is 5.75 Å². The van der Waals surface area contributed by atoms with Gasteiger partial charge in [0.05, 0.1) is 7.11 Å². The van der Waals surface area contributed by atoms with Crippen molar-refractivity contribution >= 4 is 17.4 Å². The molecule has 0 atom stereocenters. The van der Waals surface area contributed by atoms with Crippen LogP contribution in [-0.4, -0.2) is 22.8 Å². The summed E-state index contributed by atoms with van der Waals surface area (Å²) in [6.07, 6.45) is 1.62. The second kappa shape index (κ2) is 4.69. The van der Waals surface area contributed by atoms with Gasteiger partial charge in [0.15, 0.2) is 5.82 Å². The highest BCUT2D eigenvalue weighted by molar-refractivity contribution is 5.75. The zero-order valence-electron chi connectivity index (χ0n) is 9.68. The highest BCUT2D eigenvalue weighted by atomic mass is 16.5. The lowest BCUT2D eigenvalue weighted by Gasteiger charge is -2.04. The van der Waals surface area contributed by atoms with Gasteiger partial charge in [-0.15, -0.1) is 5.10 Å². The van der Waals surface area contributed by atoms with E-state index in [4.69, 9.17) is 4.74 Å². The first-order valence-electron chi connectivity index (χ1n) is 5.17. The Morgan fingerprint density at radius 2 is 2.00 bits per heavy atom. The molecule has 0 aliphatic carbocycles. The molecule has 0 aliphatic heterocycles. The molecule has 17 heavy (non-hydrogen) atoms. The van der Waals surface area contributed by atoms with E-state index in [0.717, 1.165) is 11.4 Å². The molecule has 0 amide bonds. The number of carbonyl (C=O) groups excluding carboxylic acids is 1. The molecule has 88 valence electrons. The quantitative estimate of drug-likeness (QED) is 0.880. The van der Waals surface area contributed by atoms with Crippen molar-refractivity contribution in [3.63, 3.8) is 0 Å². The average molecular weight is 231 g/mol. The highest BCUT2D eigenvalue weighted by Crippen LogP contribution is 2.18. The number of carbonyl (C=O) groups is 1. The first kappa shape index (κ1) is 11.2. The molecule has 0 bridgehead atoms. The molecule has 1 heterocycles. The maximum Gasteiger partial charge on any atom is 0.243 e. The van der Waals surface area contributed by atoms with Crippen LogP contribution in [0.3, 0.4) is 0 Å². The predicted molar refractivity (Wildman–Crippen MR) is 64.8 cm³/mol. The van der Waals surface area contributed by atoms with Crippen LogP contribution in [0, 0.1) is 0 Å². The number of ether oxygens (including phenoxy) is 1. The minimum absolute atomic E-state index is 0.118. The Morgan fingerprint density at radius 1 is 1.29 bits per heavy atom. The van der Waals surface area contributed by atoms with E-state index in [1.54, 1.807) is 19.4 Å². The van der Waals surface area contributed by atoms with Gasteiger partial charge in [0.2, 0.25) is 5.91 Å². The molecule has 5 nitrogen and oxygen atoms in total. The van der Waals surface area contributed by atoms with Crippen LogP contribution in [0.15, 0.2) is 36.5 Å². The number of anilines is 2. The Bertz CT molecular complexity index is 517. The third kappa shape index (κ3) is 2.63. The predicted octanol–water partition coefficient (Wildman–Crippen LogP) is 2.30. The largest absolute Gasteiger partial charge is 0.497 e. The number of hydrogen-bond donors (Lipinski definition) is 1. The molecule has 0 fully saturated rings. The molecular weight excluding hydrogens is 218 g/mol. The van der Waals surface area contributed by atoms with E-state index >= 15 is 0 Å². The number of hydrogen-bond acceptors (Lipinski definition) is 4. The van der Waals surface area contributed by atoms with E-state index in [2.05, 4.69) is 10.4 Å². The van der Waals surface area contributed by atoms with Gasteiger partial charge < -0.3 is 10.1 Å². The lowest BCUT2D eigenvalue weighted by molar-refractivity contribution is 0.0921. The Morgan fingerprint density at radius 3 is 2.53 bits per heavy atom. The topological polar surface area (TPSA) is 56.1 Å². The third-order valence-electron chi connectivity index (χ3n) is 2.27. The van der Waals surface area contributed by atoms with Crippen LogP contribution >= 0.6 is 0 Å². The average Bonchev–Trinajstić information content (AvgIpc) is 2.79. The Labute approximate surface area is 99.0 Å². The van der Waals surface area contributed by atoms with Crippen molar-refractivity contribution in [1.29, 1.82) is 0 Å². The maximum absolute atomic E-state index is 11.1. The summed E-state index contributed by atoms with van der Waals surface area (Å²) in [4.78, 5) is 11.1. The summed E-state index contributed by atoms with van der Waals surface area (Å²) in [6.45, 7) is 1.46. The van der Waals surface area contributed by atoms with Gasteiger partial charge in [0, 0.05) is 24.9 Å². The summed E-state index contributed by atoms with van der Waals surface area (Å²) < 4.78 is 6.35. The fraction of sp³-hybridized carbons (Fsp3) is 0.167. The first-order valence-corrected chi connectivity index (χ1v) is 5.17. The molecule has 2 rings (SSSR count). The third-order valence-corrected chi connectivity index (χ3v) is 2.27. The summed E-state index contributed by atoms with van der Waals surface area (Å²) in [5, 5.41) is 7.16. The van der Waals surface area contributed by atoms with Crippen LogP contribution in [-0.2, 0) is 0 Å². The van der Waals surface area contributed by atoms with Crippen LogP contribution in [0.1, 0.15) is 11.7 Å². The fourth-order valence-electron chi connectivity index (χ4n) is 1.39. The van der Waals surface area contributed by atoms with Gasteiger partial charge in [-0.25, -0.2) is 4.68 Å². The van der Waals surface area contributed by atoms with Crippen molar-refractivity contribution in [2.75, 3.05) is 12.4 Å². The van der Waals surface area contributed by atoms with Gasteiger partial charge in [0.25, 0.3) is 0 Å². The number of nitrogens with one attached hydrogen (secondary N) is 1. The van der Waals surface area contributed by atoms with Crippen LogP contribution in [0.4, 0.5) is 11.5 Å². The minimum Gasteiger partial charge on any atom is -0.497 e. The van der Waals surface area contributed by atoms with E-state index in [0.29, 0.717) is 5.82 Å². The van der Waals surface area contributed by atoms with Crippen LogP contribution < -0.4 is 10.1 Å². The summed E-state index contributed by atoms with van der Waals surface area (Å²) in [5.74, 6) is 1.31. The second-order valence-electron chi connectivity index (χ2n) is 3.52. The molecule has 0 saturated heterocycles. The molecule has 5 heteroatoms. The Kier molecular flexibility index (Phi) is 3.09. The summed E-state index contributed by atoms with van der Waals surface area (Å²) in [6, 6.07) is 9.21. The SMILES string of the molecule is COc1ccc(Nc2ccn(C(C)=O)n2)cc1. The molecule has 1 aromatic heterocycles. The maximum atomic E-state index is 11.1. The van der Waals surface area contributed by atoms with Gasteiger partial charge in [-0.2, -0.15) is 0 Å². The summed E-state index contributed by atoms with van der Waals surface area (Å²) in [7, 11) is 1.62. The molecule has 0 aliphatic rings. The highest BCUT2D eigenvalue weighted by Gasteiger charge is 2.02. The lowest BCUT2D eigenvalue weighted by Crippen LogP contribution is -2.06. The lowest BCUT2D eigenvalue weighted by atomic mass is 10.3. The van der Waals surface area contributed by atoms with Gasteiger partial charge in [-0.1, -0.05) is 0 Å². The number of rotatable bonds is 3. The second-order valence-corrected chi connectivity index (χ2v) is 3.52. The summed E-state index contributed by atoms with van der Waals surface area (Å²) >= 11 is 0. The first-order chi connectivity index (χ1) is 8.19. The van der Waals surface area contributed by atoms with Gasteiger partial charge in [-0.05, 0) is 24.3 Å². The van der Waals surface area contributed by atoms with E-state index in [9.17, 15) is 4.79 Å². The van der Waals surface area contributed by atoms with E-state index < -0.39 is 0 Å². The van der Waals surface area contributed by atoms with Crippen molar-refractivity contribution in [1.82, 2.24) is 9.78 Å². The standard InChI is InChI=1S/C12H13N3O2/c1-9(16)15-8-7-12(14-15)13-10-3-5-11(17-2)6-4-10/h3-8H,1-2H3,(H,13,14). The zero-order valence-corrected chi connectivity index (χ0v) is 9.68. The minimum atomic E-state index is -0.118. The molecular formula is C12H13N3O2. The van der Waals surface area contributed by atoms with Crippen LogP contribution in [0.5, 0.6) is 5.75 Å². The van der Waals surface area contributed by atoms with Gasteiger partial charge in [-0.3, -0.25) is 4.79 Å². The van der Waals surface area contributed by atoms with Gasteiger partial charge >= 0.3 is 0 Å².